The number of benzene rings is 3. The molecule has 9 heteroatoms. The molecule has 0 bridgehead atoms. The molecule has 1 fully saturated rings. The van der Waals surface area contributed by atoms with Gasteiger partial charge in [0.15, 0.2) is 16.7 Å². The Morgan fingerprint density at radius 2 is 1.85 bits per heavy atom. The number of carbonyl (C=O) groups is 1. The average molecular weight is 554 g/mol. The Morgan fingerprint density at radius 1 is 0.975 bits per heavy atom. The summed E-state index contributed by atoms with van der Waals surface area (Å²) in [4.78, 5) is 15.5. The van der Waals surface area contributed by atoms with Crippen LogP contribution in [0.4, 0.5) is 0 Å². The van der Waals surface area contributed by atoms with Gasteiger partial charge in [-0.2, -0.15) is 5.10 Å². The number of phenolic OH excluding ortho intramolecular Hbond substituents is 1. The van der Waals surface area contributed by atoms with Crippen molar-refractivity contribution in [1.29, 1.82) is 0 Å². The molecule has 8 nitrogen and oxygen atoms in total. The van der Waals surface area contributed by atoms with Crippen LogP contribution in [0.5, 0.6) is 17.2 Å². The first-order valence-corrected chi connectivity index (χ1v) is 13.5. The number of thioether (sulfide) groups is 1. The normalized spacial score (nSPS) is 15.4. The van der Waals surface area contributed by atoms with Crippen molar-refractivity contribution in [1.82, 2.24) is 4.90 Å². The number of phenols is 1. The number of carbonyl (C=O) groups excluding carboxylic acids is 1. The summed E-state index contributed by atoms with van der Waals surface area (Å²) in [5, 5.41) is 18.9. The first kappa shape index (κ1) is 26.8. The molecule has 1 amide bonds. The highest BCUT2D eigenvalue weighted by Crippen LogP contribution is 2.34. The van der Waals surface area contributed by atoms with E-state index in [4.69, 9.17) is 13.9 Å². The third-order valence-electron chi connectivity index (χ3n) is 5.82. The van der Waals surface area contributed by atoms with E-state index in [0.717, 1.165) is 11.1 Å². The summed E-state index contributed by atoms with van der Waals surface area (Å²) in [6, 6.07) is 26.0. The Balaban J connectivity index is 1.36. The molecule has 3 aromatic carbocycles. The van der Waals surface area contributed by atoms with Gasteiger partial charge in [-0.1, -0.05) is 42.5 Å². The number of ether oxygens (including phenoxy) is 2. The fourth-order valence-electron chi connectivity index (χ4n) is 3.89. The van der Waals surface area contributed by atoms with E-state index in [9.17, 15) is 9.90 Å². The van der Waals surface area contributed by atoms with Gasteiger partial charge in [0.05, 0.1) is 30.5 Å². The van der Waals surface area contributed by atoms with Crippen molar-refractivity contribution in [2.24, 2.45) is 10.2 Å². The van der Waals surface area contributed by atoms with E-state index >= 15 is 0 Å². The number of furan rings is 1. The van der Waals surface area contributed by atoms with Gasteiger partial charge in [-0.25, -0.2) is 0 Å². The summed E-state index contributed by atoms with van der Waals surface area (Å²) in [7, 11) is 0. The van der Waals surface area contributed by atoms with E-state index in [-0.39, 0.29) is 18.2 Å². The zero-order valence-corrected chi connectivity index (χ0v) is 22.6. The molecule has 5 rings (SSSR count). The topological polar surface area (TPSA) is 96.9 Å². The predicted molar refractivity (Wildman–Crippen MR) is 156 cm³/mol. The van der Waals surface area contributed by atoms with Crippen LogP contribution in [-0.4, -0.2) is 33.9 Å². The zero-order valence-electron chi connectivity index (χ0n) is 21.8. The Hall–Kier alpha value is -4.76. The number of hydrogen-bond donors (Lipinski definition) is 1. The van der Waals surface area contributed by atoms with Gasteiger partial charge in [-0.05, 0) is 83.9 Å². The lowest BCUT2D eigenvalue weighted by molar-refractivity contribution is -0.122. The van der Waals surface area contributed by atoms with Gasteiger partial charge in [0.2, 0.25) is 0 Å². The van der Waals surface area contributed by atoms with Crippen LogP contribution in [0.25, 0.3) is 6.08 Å². The highest BCUT2D eigenvalue weighted by Gasteiger charge is 2.34. The summed E-state index contributed by atoms with van der Waals surface area (Å²) < 4.78 is 16.9. The van der Waals surface area contributed by atoms with E-state index in [0.29, 0.717) is 46.1 Å². The number of aromatic hydroxyl groups is 1. The average Bonchev–Trinajstić information content (AvgIpc) is 3.59. The second-order valence-corrected chi connectivity index (χ2v) is 9.72. The van der Waals surface area contributed by atoms with Gasteiger partial charge in [0.25, 0.3) is 5.91 Å². The predicted octanol–water partition coefficient (Wildman–Crippen LogP) is 6.47. The number of nitrogens with zero attached hydrogens (tertiary/aromatic N) is 3. The molecule has 2 heterocycles. The maximum absolute atomic E-state index is 13.4. The summed E-state index contributed by atoms with van der Waals surface area (Å²) in [6.07, 6.45) is 4.93. The third-order valence-corrected chi connectivity index (χ3v) is 6.82. The molecule has 0 saturated carbocycles. The number of rotatable bonds is 10. The minimum atomic E-state index is -0.200. The van der Waals surface area contributed by atoms with E-state index in [1.54, 1.807) is 36.7 Å². The van der Waals surface area contributed by atoms with Crippen LogP contribution in [0.2, 0.25) is 0 Å². The lowest BCUT2D eigenvalue weighted by Crippen LogP contribution is -2.28. The van der Waals surface area contributed by atoms with E-state index in [1.807, 2.05) is 67.6 Å². The first-order valence-electron chi connectivity index (χ1n) is 12.7. The smallest absolute Gasteiger partial charge is 0.267 e. The van der Waals surface area contributed by atoms with Crippen LogP contribution < -0.4 is 9.47 Å². The molecule has 0 radical (unpaired) electrons. The molecule has 0 aliphatic carbocycles. The Bertz CT molecular complexity index is 1550. The minimum Gasteiger partial charge on any atom is -0.504 e. The fraction of sp³-hybridized carbons (Fsp3) is 0.129. The zero-order chi connectivity index (χ0) is 27.7. The van der Waals surface area contributed by atoms with Crippen molar-refractivity contribution < 1.29 is 23.8 Å². The molecule has 0 spiro atoms. The third kappa shape index (κ3) is 6.81. The standard InChI is InChI=1S/C31H27N3O5S/c1-2-37-28-17-24(13-14-27(28)35)19-32-33-31-34(20-26-12-7-15-38-26)30(36)29(40-31)18-23-10-6-11-25(16-23)39-21-22-8-4-3-5-9-22/h3-19,35H,2,20-21H2,1H3/b29-18-,32-19+,33-31-. The molecule has 1 aromatic heterocycles. The first-order chi connectivity index (χ1) is 19.6. The molecule has 1 aliphatic rings. The van der Waals surface area contributed by atoms with Gasteiger partial charge in [-0.3, -0.25) is 9.69 Å². The number of amides is 1. The molecule has 4 aromatic rings. The van der Waals surface area contributed by atoms with Crippen molar-refractivity contribution in [2.45, 2.75) is 20.1 Å². The van der Waals surface area contributed by atoms with Crippen LogP contribution >= 0.6 is 11.8 Å². The molecular formula is C31H27N3O5S. The van der Waals surface area contributed by atoms with Crippen molar-refractivity contribution in [2.75, 3.05) is 6.61 Å². The highest BCUT2D eigenvalue weighted by molar-refractivity contribution is 8.18. The molecule has 40 heavy (non-hydrogen) atoms. The molecular weight excluding hydrogens is 526 g/mol. The SMILES string of the molecule is CCOc1cc(/C=N/N=C2\S/C(=C\c3cccc(OCc4ccccc4)c3)C(=O)N2Cc2ccco2)ccc1O. The van der Waals surface area contributed by atoms with Gasteiger partial charge >= 0.3 is 0 Å². The van der Waals surface area contributed by atoms with Gasteiger partial charge in [0.1, 0.15) is 18.1 Å². The van der Waals surface area contributed by atoms with E-state index in [1.165, 1.54) is 22.7 Å². The van der Waals surface area contributed by atoms with Crippen LogP contribution in [0.3, 0.4) is 0 Å². The van der Waals surface area contributed by atoms with Crippen molar-refractivity contribution in [3.8, 4) is 17.2 Å². The maximum Gasteiger partial charge on any atom is 0.267 e. The van der Waals surface area contributed by atoms with Crippen LogP contribution in [-0.2, 0) is 17.9 Å². The molecule has 0 unspecified atom stereocenters. The Kier molecular flexibility index (Phi) is 8.63. The summed E-state index contributed by atoms with van der Waals surface area (Å²) in [6.45, 7) is 2.94. The van der Waals surface area contributed by atoms with Crippen LogP contribution in [0, 0.1) is 0 Å². The molecule has 0 atom stereocenters. The van der Waals surface area contributed by atoms with E-state index < -0.39 is 0 Å². The lowest BCUT2D eigenvalue weighted by Gasteiger charge is -2.12. The Morgan fingerprint density at radius 3 is 2.65 bits per heavy atom. The maximum atomic E-state index is 13.4. The number of hydrogen-bond acceptors (Lipinski definition) is 8. The molecule has 1 aliphatic heterocycles. The number of amidine groups is 1. The second kappa shape index (κ2) is 12.9. The molecule has 202 valence electrons. The highest BCUT2D eigenvalue weighted by atomic mass is 32.2. The van der Waals surface area contributed by atoms with Gasteiger partial charge in [-0.15, -0.1) is 5.10 Å². The van der Waals surface area contributed by atoms with Crippen molar-refractivity contribution in [3.05, 3.63) is 119 Å². The monoisotopic (exact) mass is 553 g/mol. The molecule has 1 N–H and O–H groups in total. The largest absolute Gasteiger partial charge is 0.504 e. The Labute approximate surface area is 236 Å². The van der Waals surface area contributed by atoms with Crippen LogP contribution in [0.1, 0.15) is 29.4 Å². The van der Waals surface area contributed by atoms with Gasteiger partial charge in [0, 0.05) is 0 Å². The quantitative estimate of drug-likeness (QED) is 0.137. The lowest BCUT2D eigenvalue weighted by atomic mass is 10.2. The van der Waals surface area contributed by atoms with Crippen LogP contribution in [0.15, 0.2) is 111 Å². The van der Waals surface area contributed by atoms with E-state index in [2.05, 4.69) is 10.2 Å². The summed E-state index contributed by atoms with van der Waals surface area (Å²) >= 11 is 1.24. The second-order valence-electron chi connectivity index (χ2n) is 8.72. The summed E-state index contributed by atoms with van der Waals surface area (Å²) in [5.41, 5.74) is 2.60. The molecule has 1 saturated heterocycles. The summed E-state index contributed by atoms with van der Waals surface area (Å²) in [5.74, 6) is 1.55. The minimum absolute atomic E-state index is 0.0520. The van der Waals surface area contributed by atoms with Crippen molar-refractivity contribution >= 4 is 35.1 Å². The van der Waals surface area contributed by atoms with Crippen molar-refractivity contribution in [3.63, 3.8) is 0 Å². The fourth-order valence-corrected chi connectivity index (χ4v) is 4.83. The van der Waals surface area contributed by atoms with Gasteiger partial charge < -0.3 is 19.0 Å².